The molecule has 0 aromatic carbocycles. The Kier molecular flexibility index (Phi) is 3.94. The van der Waals surface area contributed by atoms with E-state index in [9.17, 15) is 9.59 Å². The monoisotopic (exact) mass is 265 g/mol. The fraction of sp³-hybridized carbons (Fsp3) is 0.667. The number of likely N-dealkylation sites (N-methyl/N-ethyl adjacent to an activating group) is 1. The summed E-state index contributed by atoms with van der Waals surface area (Å²) in [6, 6.07) is -0.443. The molecule has 104 valence electrons. The van der Waals surface area contributed by atoms with Gasteiger partial charge in [-0.25, -0.2) is 9.67 Å². The van der Waals surface area contributed by atoms with E-state index in [1.807, 2.05) is 4.68 Å². The van der Waals surface area contributed by atoms with E-state index in [0.29, 0.717) is 12.5 Å². The van der Waals surface area contributed by atoms with E-state index in [0.717, 1.165) is 17.3 Å². The zero-order valence-electron chi connectivity index (χ0n) is 11.5. The molecule has 2 heterocycles. The average molecular weight is 265 g/mol. The standard InChI is InChI=1S/C12H19N5O2/c1-8(2)6-17-10(14-7-15-17)5-13-9-4-11(18)16(3)12(9)19/h7-9,13H,4-6H2,1-3H3. The van der Waals surface area contributed by atoms with E-state index in [-0.39, 0.29) is 18.2 Å². The van der Waals surface area contributed by atoms with Crippen LogP contribution in [0.15, 0.2) is 6.33 Å². The lowest BCUT2D eigenvalue weighted by Gasteiger charge is -2.12. The maximum absolute atomic E-state index is 11.7. The van der Waals surface area contributed by atoms with Crippen molar-refractivity contribution in [1.29, 1.82) is 0 Å². The van der Waals surface area contributed by atoms with Gasteiger partial charge in [0.1, 0.15) is 12.2 Å². The van der Waals surface area contributed by atoms with Crippen LogP contribution < -0.4 is 5.32 Å². The minimum atomic E-state index is -0.443. The molecular formula is C12H19N5O2. The quantitative estimate of drug-likeness (QED) is 0.745. The molecule has 1 aliphatic rings. The van der Waals surface area contributed by atoms with Crippen LogP contribution in [-0.4, -0.2) is 44.6 Å². The summed E-state index contributed by atoms with van der Waals surface area (Å²) in [5.41, 5.74) is 0. The van der Waals surface area contributed by atoms with E-state index < -0.39 is 6.04 Å². The summed E-state index contributed by atoms with van der Waals surface area (Å²) >= 11 is 0. The van der Waals surface area contributed by atoms with Crippen molar-refractivity contribution in [1.82, 2.24) is 25.0 Å². The Morgan fingerprint density at radius 3 is 2.79 bits per heavy atom. The number of hydrogen-bond acceptors (Lipinski definition) is 5. The summed E-state index contributed by atoms with van der Waals surface area (Å²) in [6.45, 7) is 5.43. The van der Waals surface area contributed by atoms with Crippen molar-refractivity contribution in [3.63, 3.8) is 0 Å². The molecule has 0 saturated carbocycles. The van der Waals surface area contributed by atoms with Crippen LogP contribution in [0.1, 0.15) is 26.1 Å². The van der Waals surface area contributed by atoms with Crippen molar-refractivity contribution >= 4 is 11.8 Å². The van der Waals surface area contributed by atoms with Crippen molar-refractivity contribution in [2.75, 3.05) is 7.05 Å². The average Bonchev–Trinajstić information content (AvgIpc) is 2.87. The number of nitrogens with one attached hydrogen (secondary N) is 1. The number of carbonyl (C=O) groups is 2. The smallest absolute Gasteiger partial charge is 0.246 e. The molecule has 1 unspecified atom stereocenters. The van der Waals surface area contributed by atoms with Crippen molar-refractivity contribution in [2.24, 2.45) is 5.92 Å². The van der Waals surface area contributed by atoms with Gasteiger partial charge in [0.25, 0.3) is 0 Å². The molecule has 1 aromatic rings. The van der Waals surface area contributed by atoms with E-state index in [1.54, 1.807) is 0 Å². The Labute approximate surface area is 112 Å². The Morgan fingerprint density at radius 1 is 1.47 bits per heavy atom. The molecule has 1 aromatic heterocycles. The van der Waals surface area contributed by atoms with Gasteiger partial charge in [0, 0.05) is 13.6 Å². The Morgan fingerprint density at radius 2 is 2.21 bits per heavy atom. The van der Waals surface area contributed by atoms with Crippen molar-refractivity contribution in [2.45, 2.75) is 39.4 Å². The third kappa shape index (κ3) is 2.98. The third-order valence-corrected chi connectivity index (χ3v) is 3.12. The zero-order chi connectivity index (χ0) is 14.0. The number of nitrogens with zero attached hydrogens (tertiary/aromatic N) is 4. The Bertz CT molecular complexity index is 482. The number of likely N-dealkylation sites (tertiary alicyclic amines) is 1. The SMILES string of the molecule is CC(C)Cn1ncnc1CNC1CC(=O)N(C)C1=O. The van der Waals surface area contributed by atoms with E-state index in [1.165, 1.54) is 13.4 Å². The molecule has 7 nitrogen and oxygen atoms in total. The van der Waals surface area contributed by atoms with Gasteiger partial charge in [-0.3, -0.25) is 19.8 Å². The predicted molar refractivity (Wildman–Crippen MR) is 67.9 cm³/mol. The van der Waals surface area contributed by atoms with Gasteiger partial charge in [-0.2, -0.15) is 5.10 Å². The maximum atomic E-state index is 11.7. The summed E-state index contributed by atoms with van der Waals surface area (Å²) in [5, 5.41) is 7.23. The molecule has 1 atom stereocenters. The van der Waals surface area contributed by atoms with Crippen molar-refractivity contribution in [3.05, 3.63) is 12.2 Å². The lowest BCUT2D eigenvalue weighted by Crippen LogP contribution is -2.37. The summed E-state index contributed by atoms with van der Waals surface area (Å²) in [5.74, 6) is 0.927. The van der Waals surface area contributed by atoms with Crippen LogP contribution >= 0.6 is 0 Å². The second kappa shape index (κ2) is 5.48. The fourth-order valence-electron chi connectivity index (χ4n) is 2.05. The number of hydrogen-bond donors (Lipinski definition) is 1. The molecule has 0 bridgehead atoms. The second-order valence-corrected chi connectivity index (χ2v) is 5.18. The first kappa shape index (κ1) is 13.7. The molecule has 7 heteroatoms. The zero-order valence-corrected chi connectivity index (χ0v) is 11.5. The first-order valence-electron chi connectivity index (χ1n) is 6.39. The van der Waals surface area contributed by atoms with Gasteiger partial charge in [-0.05, 0) is 5.92 Å². The minimum Gasteiger partial charge on any atom is -0.298 e. The van der Waals surface area contributed by atoms with Crippen LogP contribution in [0.3, 0.4) is 0 Å². The van der Waals surface area contributed by atoms with Gasteiger partial charge in [0.05, 0.1) is 19.0 Å². The summed E-state index contributed by atoms with van der Waals surface area (Å²) in [6.07, 6.45) is 1.72. The van der Waals surface area contributed by atoms with E-state index in [4.69, 9.17) is 0 Å². The highest BCUT2D eigenvalue weighted by Gasteiger charge is 2.35. The highest BCUT2D eigenvalue weighted by atomic mass is 16.2. The normalized spacial score (nSPS) is 19.8. The fourth-order valence-corrected chi connectivity index (χ4v) is 2.05. The lowest BCUT2D eigenvalue weighted by atomic mass is 10.2. The topological polar surface area (TPSA) is 80.1 Å². The lowest BCUT2D eigenvalue weighted by molar-refractivity contribution is -0.137. The van der Waals surface area contributed by atoms with Crippen LogP contribution in [0.4, 0.5) is 0 Å². The number of imide groups is 1. The molecule has 2 amide bonds. The van der Waals surface area contributed by atoms with Gasteiger partial charge in [-0.15, -0.1) is 0 Å². The molecule has 0 spiro atoms. The van der Waals surface area contributed by atoms with Crippen LogP contribution in [0.25, 0.3) is 0 Å². The van der Waals surface area contributed by atoms with Gasteiger partial charge in [0.2, 0.25) is 11.8 Å². The van der Waals surface area contributed by atoms with Crippen molar-refractivity contribution in [3.8, 4) is 0 Å². The number of carbonyl (C=O) groups excluding carboxylic acids is 2. The number of aromatic nitrogens is 3. The molecule has 0 aliphatic carbocycles. The highest BCUT2D eigenvalue weighted by Crippen LogP contribution is 2.11. The molecule has 2 rings (SSSR count). The van der Waals surface area contributed by atoms with Crippen LogP contribution in [0, 0.1) is 5.92 Å². The summed E-state index contributed by atoms with van der Waals surface area (Å²) < 4.78 is 1.82. The number of amides is 2. The molecule has 1 N–H and O–H groups in total. The summed E-state index contributed by atoms with van der Waals surface area (Å²) in [4.78, 5) is 28.5. The highest BCUT2D eigenvalue weighted by molar-refractivity contribution is 6.05. The third-order valence-electron chi connectivity index (χ3n) is 3.12. The van der Waals surface area contributed by atoms with Gasteiger partial charge >= 0.3 is 0 Å². The molecule has 1 saturated heterocycles. The first-order chi connectivity index (χ1) is 8.99. The van der Waals surface area contributed by atoms with Gasteiger partial charge < -0.3 is 0 Å². The molecule has 0 radical (unpaired) electrons. The molecule has 19 heavy (non-hydrogen) atoms. The van der Waals surface area contributed by atoms with Gasteiger partial charge in [0.15, 0.2) is 0 Å². The van der Waals surface area contributed by atoms with E-state index in [2.05, 4.69) is 29.2 Å². The van der Waals surface area contributed by atoms with E-state index >= 15 is 0 Å². The number of rotatable bonds is 5. The van der Waals surface area contributed by atoms with Crippen LogP contribution in [0.5, 0.6) is 0 Å². The van der Waals surface area contributed by atoms with Crippen LogP contribution in [-0.2, 0) is 22.7 Å². The van der Waals surface area contributed by atoms with Gasteiger partial charge in [-0.1, -0.05) is 13.8 Å². The second-order valence-electron chi connectivity index (χ2n) is 5.18. The Balaban J connectivity index is 1.94. The summed E-state index contributed by atoms with van der Waals surface area (Å²) in [7, 11) is 1.51. The minimum absolute atomic E-state index is 0.147. The Hall–Kier alpha value is -1.76. The first-order valence-corrected chi connectivity index (χ1v) is 6.39. The maximum Gasteiger partial charge on any atom is 0.246 e. The van der Waals surface area contributed by atoms with Crippen LogP contribution in [0.2, 0.25) is 0 Å². The largest absolute Gasteiger partial charge is 0.298 e. The molecule has 1 fully saturated rings. The molecule has 1 aliphatic heterocycles. The van der Waals surface area contributed by atoms with Crippen molar-refractivity contribution < 1.29 is 9.59 Å². The molecular weight excluding hydrogens is 246 g/mol. The predicted octanol–water partition coefficient (Wildman–Crippen LogP) is -0.219.